The highest BCUT2D eigenvalue weighted by Crippen LogP contribution is 2.09. The first kappa shape index (κ1) is 15.8. The third-order valence-electron chi connectivity index (χ3n) is 3.05. The summed E-state index contributed by atoms with van der Waals surface area (Å²) in [6, 6.07) is 5.94. The number of aromatic nitrogens is 1. The number of nitrogens with zero attached hydrogens (tertiary/aromatic N) is 1. The Bertz CT molecular complexity index is 687. The molecule has 1 amide bonds. The Labute approximate surface area is 126 Å². The first-order chi connectivity index (χ1) is 10.5. The van der Waals surface area contributed by atoms with Gasteiger partial charge in [-0.2, -0.15) is 0 Å². The van der Waals surface area contributed by atoms with Crippen LogP contribution in [0.15, 0.2) is 42.7 Å². The molecule has 0 saturated carbocycles. The predicted molar refractivity (Wildman–Crippen MR) is 76.5 cm³/mol. The van der Waals surface area contributed by atoms with E-state index in [9.17, 15) is 18.4 Å². The SMILES string of the molecule is C[C@H](CC(=O)c1ccc(F)cc1)NC(=O)c1ccncc1F. The van der Waals surface area contributed by atoms with Crippen LogP contribution in [0.25, 0.3) is 0 Å². The van der Waals surface area contributed by atoms with E-state index < -0.39 is 23.6 Å². The monoisotopic (exact) mass is 304 g/mol. The number of Topliss-reactive ketones (excluding diaryl/α,β-unsaturated/α-hetero) is 1. The summed E-state index contributed by atoms with van der Waals surface area (Å²) in [4.78, 5) is 27.5. The average Bonchev–Trinajstić information content (AvgIpc) is 2.48. The number of hydrogen-bond donors (Lipinski definition) is 1. The molecule has 2 aromatic rings. The second-order valence-electron chi connectivity index (χ2n) is 4.86. The highest BCUT2D eigenvalue weighted by molar-refractivity contribution is 5.98. The summed E-state index contributed by atoms with van der Waals surface area (Å²) >= 11 is 0. The van der Waals surface area contributed by atoms with Gasteiger partial charge < -0.3 is 5.32 Å². The van der Waals surface area contributed by atoms with Gasteiger partial charge in [0.1, 0.15) is 5.82 Å². The number of ketones is 1. The molecule has 0 aliphatic carbocycles. The van der Waals surface area contributed by atoms with Crippen molar-refractivity contribution in [2.24, 2.45) is 0 Å². The number of rotatable bonds is 5. The first-order valence-electron chi connectivity index (χ1n) is 6.66. The number of carbonyl (C=O) groups is 2. The van der Waals surface area contributed by atoms with Crippen LogP contribution >= 0.6 is 0 Å². The Morgan fingerprint density at radius 1 is 1.18 bits per heavy atom. The van der Waals surface area contributed by atoms with Crippen molar-refractivity contribution in [3.05, 3.63) is 65.5 Å². The van der Waals surface area contributed by atoms with E-state index in [0.717, 1.165) is 6.20 Å². The van der Waals surface area contributed by atoms with Gasteiger partial charge in [0, 0.05) is 24.2 Å². The zero-order chi connectivity index (χ0) is 16.1. The van der Waals surface area contributed by atoms with E-state index in [0.29, 0.717) is 5.56 Å². The Kier molecular flexibility index (Phi) is 4.93. The third-order valence-corrected chi connectivity index (χ3v) is 3.05. The second-order valence-corrected chi connectivity index (χ2v) is 4.86. The van der Waals surface area contributed by atoms with Gasteiger partial charge in [-0.25, -0.2) is 8.78 Å². The fourth-order valence-electron chi connectivity index (χ4n) is 1.94. The number of halogens is 2. The number of hydrogen-bond acceptors (Lipinski definition) is 3. The standard InChI is InChI=1S/C16H14F2N2O2/c1-10(8-15(21)11-2-4-12(17)5-3-11)20-16(22)13-6-7-19-9-14(13)18/h2-7,9-10H,8H2,1H3,(H,20,22)/t10-/m1/s1. The molecule has 0 spiro atoms. The molecule has 1 N–H and O–H groups in total. The van der Waals surface area contributed by atoms with E-state index in [4.69, 9.17) is 0 Å². The Balaban J connectivity index is 1.96. The first-order valence-corrected chi connectivity index (χ1v) is 6.66. The maximum Gasteiger partial charge on any atom is 0.254 e. The minimum absolute atomic E-state index is 0.0318. The van der Waals surface area contributed by atoms with Crippen molar-refractivity contribution in [2.45, 2.75) is 19.4 Å². The molecule has 0 aliphatic rings. The fourth-order valence-corrected chi connectivity index (χ4v) is 1.94. The molecule has 114 valence electrons. The Morgan fingerprint density at radius 3 is 2.50 bits per heavy atom. The number of nitrogens with one attached hydrogen (secondary N) is 1. The van der Waals surface area contributed by atoms with Gasteiger partial charge in [0.25, 0.3) is 5.91 Å². The minimum Gasteiger partial charge on any atom is -0.349 e. The van der Waals surface area contributed by atoms with Crippen molar-refractivity contribution in [3.63, 3.8) is 0 Å². The summed E-state index contributed by atoms with van der Waals surface area (Å²) in [5.41, 5.74) is 0.230. The van der Waals surface area contributed by atoms with Crippen molar-refractivity contribution < 1.29 is 18.4 Å². The molecule has 0 aliphatic heterocycles. The third kappa shape index (κ3) is 3.94. The van der Waals surface area contributed by atoms with Crippen LogP contribution in [-0.4, -0.2) is 22.7 Å². The highest BCUT2D eigenvalue weighted by atomic mass is 19.1. The topological polar surface area (TPSA) is 59.1 Å². The summed E-state index contributed by atoms with van der Waals surface area (Å²) in [5.74, 6) is -1.99. The molecule has 1 aromatic carbocycles. The number of carbonyl (C=O) groups excluding carboxylic acids is 2. The van der Waals surface area contributed by atoms with Crippen molar-refractivity contribution >= 4 is 11.7 Å². The zero-order valence-electron chi connectivity index (χ0n) is 11.8. The molecule has 1 heterocycles. The van der Waals surface area contributed by atoms with Crippen LogP contribution in [0.3, 0.4) is 0 Å². The summed E-state index contributed by atoms with van der Waals surface area (Å²) in [7, 11) is 0. The van der Waals surface area contributed by atoms with Gasteiger partial charge in [-0.3, -0.25) is 14.6 Å². The van der Waals surface area contributed by atoms with Crippen LogP contribution in [-0.2, 0) is 0 Å². The molecule has 6 heteroatoms. The quantitative estimate of drug-likeness (QED) is 0.864. The fraction of sp³-hybridized carbons (Fsp3) is 0.188. The second kappa shape index (κ2) is 6.89. The molecule has 4 nitrogen and oxygen atoms in total. The van der Waals surface area contributed by atoms with Crippen LogP contribution in [0.5, 0.6) is 0 Å². The molecule has 0 unspecified atom stereocenters. The van der Waals surface area contributed by atoms with Crippen molar-refractivity contribution in [1.29, 1.82) is 0 Å². The highest BCUT2D eigenvalue weighted by Gasteiger charge is 2.17. The lowest BCUT2D eigenvalue weighted by Crippen LogP contribution is -2.34. The van der Waals surface area contributed by atoms with Crippen molar-refractivity contribution in [2.75, 3.05) is 0 Å². The lowest BCUT2D eigenvalue weighted by Gasteiger charge is -2.13. The smallest absolute Gasteiger partial charge is 0.254 e. The molecule has 0 saturated heterocycles. The molecule has 1 aromatic heterocycles. The molecule has 1 atom stereocenters. The predicted octanol–water partition coefficient (Wildman–Crippen LogP) is 2.75. The number of amides is 1. The maximum absolute atomic E-state index is 13.4. The van der Waals surface area contributed by atoms with Gasteiger partial charge in [0.2, 0.25) is 0 Å². The van der Waals surface area contributed by atoms with Crippen molar-refractivity contribution in [3.8, 4) is 0 Å². The van der Waals surface area contributed by atoms with Gasteiger partial charge in [-0.05, 0) is 37.3 Å². The normalized spacial score (nSPS) is 11.8. The Morgan fingerprint density at radius 2 is 1.86 bits per heavy atom. The van der Waals surface area contributed by atoms with E-state index in [1.165, 1.54) is 36.5 Å². The van der Waals surface area contributed by atoms with E-state index in [1.807, 2.05) is 0 Å². The largest absolute Gasteiger partial charge is 0.349 e. The Hall–Kier alpha value is -2.63. The minimum atomic E-state index is -0.725. The molecule has 0 fully saturated rings. The summed E-state index contributed by atoms with van der Waals surface area (Å²) in [6.45, 7) is 1.64. The molecular weight excluding hydrogens is 290 g/mol. The van der Waals surface area contributed by atoms with Crippen LogP contribution in [0.4, 0.5) is 8.78 Å². The average molecular weight is 304 g/mol. The van der Waals surface area contributed by atoms with Gasteiger partial charge in [0.15, 0.2) is 11.6 Å². The van der Waals surface area contributed by atoms with Crippen molar-refractivity contribution in [1.82, 2.24) is 10.3 Å². The summed E-state index contributed by atoms with van der Waals surface area (Å²) in [5, 5.41) is 2.55. The lowest BCUT2D eigenvalue weighted by molar-refractivity contribution is 0.0915. The van der Waals surface area contributed by atoms with Gasteiger partial charge in [-0.15, -0.1) is 0 Å². The number of pyridine rings is 1. The maximum atomic E-state index is 13.4. The van der Waals surface area contributed by atoms with E-state index in [-0.39, 0.29) is 17.8 Å². The van der Waals surface area contributed by atoms with Crippen LogP contribution < -0.4 is 5.32 Å². The van der Waals surface area contributed by atoms with E-state index in [1.54, 1.807) is 6.92 Å². The van der Waals surface area contributed by atoms with Gasteiger partial charge in [0.05, 0.1) is 11.8 Å². The van der Waals surface area contributed by atoms with Crippen LogP contribution in [0.2, 0.25) is 0 Å². The molecule has 0 radical (unpaired) electrons. The van der Waals surface area contributed by atoms with Crippen LogP contribution in [0, 0.1) is 11.6 Å². The summed E-state index contributed by atoms with van der Waals surface area (Å²) in [6.07, 6.45) is 2.29. The zero-order valence-corrected chi connectivity index (χ0v) is 11.8. The number of benzene rings is 1. The van der Waals surface area contributed by atoms with Gasteiger partial charge >= 0.3 is 0 Å². The molecule has 22 heavy (non-hydrogen) atoms. The lowest BCUT2D eigenvalue weighted by atomic mass is 10.0. The summed E-state index contributed by atoms with van der Waals surface area (Å²) < 4.78 is 26.2. The molecule has 0 bridgehead atoms. The molecule has 2 rings (SSSR count). The van der Waals surface area contributed by atoms with Gasteiger partial charge in [-0.1, -0.05) is 0 Å². The van der Waals surface area contributed by atoms with Crippen LogP contribution in [0.1, 0.15) is 34.1 Å². The molecular formula is C16H14F2N2O2. The van der Waals surface area contributed by atoms with E-state index >= 15 is 0 Å². The van der Waals surface area contributed by atoms with E-state index in [2.05, 4.69) is 10.3 Å².